The quantitative estimate of drug-likeness (QED) is 0.832. The van der Waals surface area contributed by atoms with Crippen molar-refractivity contribution in [1.29, 1.82) is 5.26 Å². The summed E-state index contributed by atoms with van der Waals surface area (Å²) in [7, 11) is -3.19. The molecule has 1 aliphatic heterocycles. The van der Waals surface area contributed by atoms with Crippen molar-refractivity contribution in [2.24, 2.45) is 5.92 Å². The summed E-state index contributed by atoms with van der Waals surface area (Å²) in [5, 5.41) is 11.7. The summed E-state index contributed by atoms with van der Waals surface area (Å²) in [5.41, 5.74) is 0.476. The van der Waals surface area contributed by atoms with Crippen LogP contribution in [0, 0.1) is 17.2 Å². The first kappa shape index (κ1) is 11.1. The van der Waals surface area contributed by atoms with E-state index in [0.717, 1.165) is 13.1 Å². The molecule has 1 fully saturated rings. The summed E-state index contributed by atoms with van der Waals surface area (Å²) in [6.07, 6.45) is 0. The van der Waals surface area contributed by atoms with Crippen LogP contribution >= 0.6 is 0 Å². The molecule has 1 aliphatic rings. The minimum atomic E-state index is -3.19. The number of sulfone groups is 1. The van der Waals surface area contributed by atoms with E-state index in [1.54, 1.807) is 0 Å². The molecule has 1 heterocycles. The Morgan fingerprint density at radius 1 is 1.31 bits per heavy atom. The Kier molecular flexibility index (Phi) is 2.95. The number of hydrogen-bond donors (Lipinski definition) is 1. The standard InChI is InChI=1S/C11H12N2O2S/c12-5-9-1-3-11(4-2-9)16(14,15)8-10-6-13-7-10/h1-4,10,13H,6-8H2. The van der Waals surface area contributed by atoms with Gasteiger partial charge in [0.25, 0.3) is 0 Å². The van der Waals surface area contributed by atoms with E-state index in [2.05, 4.69) is 5.32 Å². The van der Waals surface area contributed by atoms with Crippen molar-refractivity contribution in [2.45, 2.75) is 4.90 Å². The predicted molar refractivity (Wildman–Crippen MR) is 59.6 cm³/mol. The third-order valence-corrected chi connectivity index (χ3v) is 4.56. The molecule has 2 rings (SSSR count). The number of nitrogens with zero attached hydrogens (tertiary/aromatic N) is 1. The third-order valence-electron chi connectivity index (χ3n) is 2.66. The molecule has 0 aromatic heterocycles. The van der Waals surface area contributed by atoms with Gasteiger partial charge < -0.3 is 5.32 Å². The summed E-state index contributed by atoms with van der Waals surface area (Å²) in [4.78, 5) is 0.304. The highest BCUT2D eigenvalue weighted by atomic mass is 32.2. The largest absolute Gasteiger partial charge is 0.316 e. The molecule has 5 heteroatoms. The van der Waals surface area contributed by atoms with E-state index in [1.807, 2.05) is 6.07 Å². The van der Waals surface area contributed by atoms with Crippen molar-refractivity contribution in [1.82, 2.24) is 5.32 Å². The summed E-state index contributed by atoms with van der Waals surface area (Å²) in [6, 6.07) is 8.03. The second-order valence-electron chi connectivity index (χ2n) is 3.94. The van der Waals surface area contributed by atoms with Gasteiger partial charge in [0.15, 0.2) is 9.84 Å². The van der Waals surface area contributed by atoms with Crippen molar-refractivity contribution >= 4 is 9.84 Å². The van der Waals surface area contributed by atoms with Gasteiger partial charge in [-0.15, -0.1) is 0 Å². The highest BCUT2D eigenvalue weighted by Gasteiger charge is 2.25. The first-order valence-corrected chi connectivity index (χ1v) is 6.71. The molecule has 16 heavy (non-hydrogen) atoms. The highest BCUT2D eigenvalue weighted by Crippen LogP contribution is 2.16. The summed E-state index contributed by atoms with van der Waals surface area (Å²) in [6.45, 7) is 1.55. The van der Waals surface area contributed by atoms with Gasteiger partial charge in [0.05, 0.1) is 22.3 Å². The minimum absolute atomic E-state index is 0.186. The van der Waals surface area contributed by atoms with Crippen molar-refractivity contribution in [2.75, 3.05) is 18.8 Å². The van der Waals surface area contributed by atoms with E-state index in [0.29, 0.717) is 10.5 Å². The zero-order valence-corrected chi connectivity index (χ0v) is 9.50. The van der Waals surface area contributed by atoms with Gasteiger partial charge in [0, 0.05) is 13.1 Å². The second kappa shape index (κ2) is 4.24. The van der Waals surface area contributed by atoms with E-state index >= 15 is 0 Å². The Morgan fingerprint density at radius 2 is 1.94 bits per heavy atom. The lowest BCUT2D eigenvalue weighted by Gasteiger charge is -2.26. The number of nitriles is 1. The van der Waals surface area contributed by atoms with Crippen molar-refractivity contribution < 1.29 is 8.42 Å². The van der Waals surface area contributed by atoms with Crippen molar-refractivity contribution in [3.05, 3.63) is 29.8 Å². The number of nitrogens with one attached hydrogen (secondary N) is 1. The fourth-order valence-corrected chi connectivity index (χ4v) is 3.21. The Labute approximate surface area is 94.8 Å². The van der Waals surface area contributed by atoms with Gasteiger partial charge in [-0.25, -0.2) is 8.42 Å². The lowest BCUT2D eigenvalue weighted by atomic mass is 10.1. The smallest absolute Gasteiger partial charge is 0.178 e. The SMILES string of the molecule is N#Cc1ccc(S(=O)(=O)CC2CNC2)cc1. The molecule has 0 aliphatic carbocycles. The molecular formula is C11H12N2O2S. The molecule has 0 atom stereocenters. The number of rotatable bonds is 3. The second-order valence-corrected chi connectivity index (χ2v) is 5.98. The van der Waals surface area contributed by atoms with Crippen LogP contribution in [0.2, 0.25) is 0 Å². The monoisotopic (exact) mass is 236 g/mol. The van der Waals surface area contributed by atoms with Gasteiger partial charge in [-0.05, 0) is 30.2 Å². The maximum atomic E-state index is 11.9. The van der Waals surface area contributed by atoms with Crippen LogP contribution in [0.15, 0.2) is 29.2 Å². The van der Waals surface area contributed by atoms with Crippen LogP contribution in [-0.4, -0.2) is 27.3 Å². The predicted octanol–water partition coefficient (Wildman–Crippen LogP) is 0.551. The Morgan fingerprint density at radius 3 is 2.38 bits per heavy atom. The van der Waals surface area contributed by atoms with Gasteiger partial charge in [-0.1, -0.05) is 0 Å². The van der Waals surface area contributed by atoms with Crippen LogP contribution in [0.3, 0.4) is 0 Å². The molecule has 0 saturated carbocycles. The van der Waals surface area contributed by atoms with Crippen LogP contribution in [0.1, 0.15) is 5.56 Å². The lowest BCUT2D eigenvalue weighted by molar-refractivity contribution is 0.378. The molecule has 1 saturated heterocycles. The van der Waals surface area contributed by atoms with Gasteiger partial charge in [0.2, 0.25) is 0 Å². The third kappa shape index (κ3) is 2.23. The maximum Gasteiger partial charge on any atom is 0.178 e. The minimum Gasteiger partial charge on any atom is -0.316 e. The topological polar surface area (TPSA) is 70.0 Å². The summed E-state index contributed by atoms with van der Waals surface area (Å²) >= 11 is 0. The van der Waals surface area contributed by atoms with E-state index < -0.39 is 9.84 Å². The van der Waals surface area contributed by atoms with E-state index in [-0.39, 0.29) is 11.7 Å². The van der Waals surface area contributed by atoms with Gasteiger partial charge in [0.1, 0.15) is 0 Å². The summed E-state index contributed by atoms with van der Waals surface area (Å²) in [5.74, 6) is 0.409. The molecule has 1 N–H and O–H groups in total. The molecule has 0 spiro atoms. The van der Waals surface area contributed by atoms with E-state index in [4.69, 9.17) is 5.26 Å². The van der Waals surface area contributed by atoms with Crippen LogP contribution in [0.25, 0.3) is 0 Å². The zero-order valence-electron chi connectivity index (χ0n) is 8.68. The van der Waals surface area contributed by atoms with Crippen molar-refractivity contribution in [3.8, 4) is 6.07 Å². The summed E-state index contributed by atoms with van der Waals surface area (Å²) < 4.78 is 23.8. The van der Waals surface area contributed by atoms with Crippen LogP contribution < -0.4 is 5.32 Å². The van der Waals surface area contributed by atoms with Gasteiger partial charge in [-0.3, -0.25) is 0 Å². The number of hydrogen-bond acceptors (Lipinski definition) is 4. The molecular weight excluding hydrogens is 224 g/mol. The van der Waals surface area contributed by atoms with Crippen LogP contribution in [-0.2, 0) is 9.84 Å². The Balaban J connectivity index is 2.18. The normalized spacial score (nSPS) is 16.4. The molecule has 4 nitrogen and oxygen atoms in total. The molecule has 84 valence electrons. The molecule has 0 amide bonds. The Hall–Kier alpha value is -1.38. The van der Waals surface area contributed by atoms with Gasteiger partial charge >= 0.3 is 0 Å². The average molecular weight is 236 g/mol. The Bertz CT molecular complexity index is 510. The fraction of sp³-hybridized carbons (Fsp3) is 0.364. The average Bonchev–Trinajstić information content (AvgIpc) is 2.24. The maximum absolute atomic E-state index is 11.9. The lowest BCUT2D eigenvalue weighted by Crippen LogP contribution is -2.45. The first-order valence-electron chi connectivity index (χ1n) is 5.05. The van der Waals surface area contributed by atoms with Crippen molar-refractivity contribution in [3.63, 3.8) is 0 Å². The first-order chi connectivity index (χ1) is 7.62. The van der Waals surface area contributed by atoms with E-state index in [9.17, 15) is 8.42 Å². The zero-order chi connectivity index (χ0) is 11.6. The highest BCUT2D eigenvalue weighted by molar-refractivity contribution is 7.91. The molecule has 1 aromatic carbocycles. The molecule has 0 bridgehead atoms. The van der Waals surface area contributed by atoms with Gasteiger partial charge in [-0.2, -0.15) is 5.26 Å². The molecule has 0 radical (unpaired) electrons. The molecule has 0 unspecified atom stereocenters. The van der Waals surface area contributed by atoms with Crippen LogP contribution in [0.4, 0.5) is 0 Å². The molecule has 1 aromatic rings. The van der Waals surface area contributed by atoms with E-state index in [1.165, 1.54) is 24.3 Å². The van der Waals surface area contributed by atoms with Crippen LogP contribution in [0.5, 0.6) is 0 Å². The number of benzene rings is 1. The fourth-order valence-electron chi connectivity index (χ4n) is 1.61.